The van der Waals surface area contributed by atoms with Crippen LogP contribution in [0.5, 0.6) is 0 Å². The Morgan fingerprint density at radius 2 is 1.81 bits per heavy atom. The summed E-state index contributed by atoms with van der Waals surface area (Å²) < 4.78 is 37.1. The fourth-order valence-corrected chi connectivity index (χ4v) is 1.60. The second kappa shape index (κ2) is 5.86. The van der Waals surface area contributed by atoms with Gasteiger partial charge in [-0.15, -0.1) is 0 Å². The number of benzene rings is 1. The zero-order chi connectivity index (χ0) is 12.1. The summed E-state index contributed by atoms with van der Waals surface area (Å²) >= 11 is 0. The first-order chi connectivity index (χ1) is 7.54. The Balaban J connectivity index is 2.77. The molecule has 1 aromatic rings. The number of alkyl halides is 2. The summed E-state index contributed by atoms with van der Waals surface area (Å²) in [7, 11) is 1.58. The molecular formula is C11H15F3N2. The van der Waals surface area contributed by atoms with Crippen molar-refractivity contribution in [2.75, 3.05) is 20.1 Å². The molecule has 0 aliphatic carbocycles. The van der Waals surface area contributed by atoms with Crippen LogP contribution >= 0.6 is 0 Å². The smallest absolute Gasteiger partial charge is 0.251 e. The summed E-state index contributed by atoms with van der Waals surface area (Å²) in [4.78, 5) is 1.47. The largest absolute Gasteiger partial charge is 0.329 e. The SMILES string of the molecule is CN(CC(F)F)C(CN)c1ccc(F)cc1. The van der Waals surface area contributed by atoms with Gasteiger partial charge in [-0.3, -0.25) is 4.90 Å². The van der Waals surface area contributed by atoms with Crippen molar-refractivity contribution in [1.29, 1.82) is 0 Å². The summed E-state index contributed by atoms with van der Waals surface area (Å²) in [6.45, 7) is -0.131. The average Bonchev–Trinajstić information content (AvgIpc) is 2.21. The van der Waals surface area contributed by atoms with E-state index in [-0.39, 0.29) is 24.9 Å². The molecule has 0 aliphatic rings. The highest BCUT2D eigenvalue weighted by atomic mass is 19.3. The van der Waals surface area contributed by atoms with E-state index in [1.807, 2.05) is 0 Å². The van der Waals surface area contributed by atoms with Crippen molar-refractivity contribution >= 4 is 0 Å². The summed E-state index contributed by atoms with van der Waals surface area (Å²) in [6, 6.07) is 5.42. The molecule has 0 radical (unpaired) electrons. The molecule has 0 saturated heterocycles. The maximum atomic E-state index is 12.7. The molecule has 0 aliphatic heterocycles. The number of halogens is 3. The molecule has 0 spiro atoms. The van der Waals surface area contributed by atoms with E-state index in [2.05, 4.69) is 0 Å². The van der Waals surface area contributed by atoms with Gasteiger partial charge in [0.1, 0.15) is 5.82 Å². The molecule has 1 unspecified atom stereocenters. The monoisotopic (exact) mass is 232 g/mol. The zero-order valence-corrected chi connectivity index (χ0v) is 9.04. The predicted molar refractivity (Wildman–Crippen MR) is 56.8 cm³/mol. The van der Waals surface area contributed by atoms with Gasteiger partial charge in [-0.1, -0.05) is 12.1 Å². The fraction of sp³-hybridized carbons (Fsp3) is 0.455. The number of nitrogens with zero attached hydrogens (tertiary/aromatic N) is 1. The van der Waals surface area contributed by atoms with Crippen molar-refractivity contribution in [3.05, 3.63) is 35.6 Å². The van der Waals surface area contributed by atoms with Crippen LogP contribution in [0.25, 0.3) is 0 Å². The first-order valence-corrected chi connectivity index (χ1v) is 4.98. The number of hydrogen-bond donors (Lipinski definition) is 1. The molecule has 1 aromatic carbocycles. The van der Waals surface area contributed by atoms with Crippen LogP contribution in [0.15, 0.2) is 24.3 Å². The number of hydrogen-bond acceptors (Lipinski definition) is 2. The van der Waals surface area contributed by atoms with Gasteiger partial charge in [0.2, 0.25) is 0 Å². The molecule has 1 rings (SSSR count). The molecule has 5 heteroatoms. The van der Waals surface area contributed by atoms with E-state index in [0.29, 0.717) is 0 Å². The van der Waals surface area contributed by atoms with E-state index < -0.39 is 6.43 Å². The van der Waals surface area contributed by atoms with Crippen LogP contribution in [0.1, 0.15) is 11.6 Å². The number of nitrogens with two attached hydrogens (primary N) is 1. The lowest BCUT2D eigenvalue weighted by Gasteiger charge is -2.26. The van der Waals surface area contributed by atoms with Crippen LogP contribution in [-0.4, -0.2) is 31.5 Å². The molecule has 0 heterocycles. The van der Waals surface area contributed by atoms with Crippen molar-refractivity contribution in [3.63, 3.8) is 0 Å². The quantitative estimate of drug-likeness (QED) is 0.841. The summed E-state index contributed by atoms with van der Waals surface area (Å²) in [5.74, 6) is -0.351. The van der Waals surface area contributed by atoms with Gasteiger partial charge in [-0.2, -0.15) is 0 Å². The Kier molecular flexibility index (Phi) is 4.76. The van der Waals surface area contributed by atoms with Gasteiger partial charge >= 0.3 is 0 Å². The molecule has 90 valence electrons. The van der Waals surface area contributed by atoms with Gasteiger partial charge in [-0.25, -0.2) is 13.2 Å². The van der Waals surface area contributed by atoms with Crippen molar-refractivity contribution in [2.45, 2.75) is 12.5 Å². The van der Waals surface area contributed by atoms with Gasteiger partial charge in [0, 0.05) is 12.6 Å². The third kappa shape index (κ3) is 3.50. The minimum Gasteiger partial charge on any atom is -0.329 e. The number of likely N-dealkylation sites (N-methyl/N-ethyl adjacent to an activating group) is 1. The normalized spacial score (nSPS) is 13.4. The Morgan fingerprint density at radius 3 is 2.25 bits per heavy atom. The summed E-state index contributed by atoms with van der Waals surface area (Å²) in [6.07, 6.45) is -2.40. The van der Waals surface area contributed by atoms with Gasteiger partial charge < -0.3 is 5.73 Å². The molecule has 0 fully saturated rings. The lowest BCUT2D eigenvalue weighted by molar-refractivity contribution is 0.0822. The third-order valence-corrected chi connectivity index (χ3v) is 2.44. The molecule has 16 heavy (non-hydrogen) atoms. The van der Waals surface area contributed by atoms with Crippen LogP contribution in [-0.2, 0) is 0 Å². The van der Waals surface area contributed by atoms with Crippen LogP contribution in [0.2, 0.25) is 0 Å². The van der Waals surface area contributed by atoms with E-state index in [1.54, 1.807) is 19.2 Å². The Morgan fingerprint density at radius 1 is 1.25 bits per heavy atom. The first kappa shape index (κ1) is 13.0. The van der Waals surface area contributed by atoms with Crippen LogP contribution in [0.4, 0.5) is 13.2 Å². The van der Waals surface area contributed by atoms with E-state index in [4.69, 9.17) is 5.73 Å². The standard InChI is InChI=1S/C11H15F3N2/c1-16(7-11(13)14)10(6-15)8-2-4-9(12)5-3-8/h2-5,10-11H,6-7,15H2,1H3. The molecule has 0 aromatic heterocycles. The van der Waals surface area contributed by atoms with Gasteiger partial charge in [0.15, 0.2) is 0 Å². The van der Waals surface area contributed by atoms with Gasteiger partial charge in [0.25, 0.3) is 6.43 Å². The van der Waals surface area contributed by atoms with E-state index in [1.165, 1.54) is 17.0 Å². The maximum Gasteiger partial charge on any atom is 0.251 e. The minimum absolute atomic E-state index is 0.217. The molecule has 0 bridgehead atoms. The minimum atomic E-state index is -2.40. The Bertz CT molecular complexity index is 314. The molecule has 2 nitrogen and oxygen atoms in total. The van der Waals surface area contributed by atoms with Crippen molar-refractivity contribution in [3.8, 4) is 0 Å². The molecule has 0 amide bonds. The second-order valence-corrected chi connectivity index (χ2v) is 3.63. The fourth-order valence-electron chi connectivity index (χ4n) is 1.60. The second-order valence-electron chi connectivity index (χ2n) is 3.63. The molecule has 1 atom stereocenters. The van der Waals surface area contributed by atoms with E-state index in [0.717, 1.165) is 5.56 Å². The van der Waals surface area contributed by atoms with E-state index in [9.17, 15) is 13.2 Å². The van der Waals surface area contributed by atoms with Crippen LogP contribution < -0.4 is 5.73 Å². The Labute approximate surface area is 92.9 Å². The van der Waals surface area contributed by atoms with Crippen LogP contribution in [0, 0.1) is 5.82 Å². The maximum absolute atomic E-state index is 12.7. The van der Waals surface area contributed by atoms with Crippen molar-refractivity contribution < 1.29 is 13.2 Å². The summed E-state index contributed by atoms with van der Waals surface area (Å²) in [5.41, 5.74) is 6.28. The predicted octanol–water partition coefficient (Wildman–Crippen LogP) is 2.02. The lowest BCUT2D eigenvalue weighted by Crippen LogP contribution is -2.33. The highest BCUT2D eigenvalue weighted by molar-refractivity contribution is 5.20. The topological polar surface area (TPSA) is 29.3 Å². The Hall–Kier alpha value is -1.07. The molecule has 2 N–H and O–H groups in total. The van der Waals surface area contributed by atoms with Gasteiger partial charge in [-0.05, 0) is 24.7 Å². The first-order valence-electron chi connectivity index (χ1n) is 4.98. The summed E-state index contributed by atoms with van der Waals surface area (Å²) in [5, 5.41) is 0. The van der Waals surface area contributed by atoms with Gasteiger partial charge in [0.05, 0.1) is 6.54 Å². The number of rotatable bonds is 5. The van der Waals surface area contributed by atoms with E-state index >= 15 is 0 Å². The third-order valence-electron chi connectivity index (χ3n) is 2.44. The van der Waals surface area contributed by atoms with Crippen molar-refractivity contribution in [1.82, 2.24) is 4.90 Å². The highest BCUT2D eigenvalue weighted by Gasteiger charge is 2.18. The van der Waals surface area contributed by atoms with Crippen molar-refractivity contribution in [2.24, 2.45) is 5.73 Å². The zero-order valence-electron chi connectivity index (χ0n) is 9.04. The highest BCUT2D eigenvalue weighted by Crippen LogP contribution is 2.19. The molecule has 0 saturated carbocycles. The average molecular weight is 232 g/mol. The van der Waals surface area contributed by atoms with Crippen LogP contribution in [0.3, 0.4) is 0 Å². The molecular weight excluding hydrogens is 217 g/mol. The lowest BCUT2D eigenvalue weighted by atomic mass is 10.1.